The maximum Gasteiger partial charge on any atom is 0.174 e. The minimum atomic E-state index is 0.286. The van der Waals surface area contributed by atoms with E-state index in [1.165, 1.54) is 11.0 Å². The Kier molecular flexibility index (Phi) is 2.66. The van der Waals surface area contributed by atoms with Gasteiger partial charge in [0.15, 0.2) is 12.1 Å². The third-order valence-electron chi connectivity index (χ3n) is 2.35. The van der Waals surface area contributed by atoms with Crippen molar-refractivity contribution < 1.29 is 4.79 Å². The number of rotatable bonds is 2. The molecule has 0 bridgehead atoms. The lowest BCUT2D eigenvalue weighted by Gasteiger charge is -2.00. The van der Waals surface area contributed by atoms with Crippen molar-refractivity contribution in [2.24, 2.45) is 0 Å². The molecule has 0 aromatic carbocycles. The molecule has 84 valence electrons. The summed E-state index contributed by atoms with van der Waals surface area (Å²) in [6.07, 6.45) is 2.11. The summed E-state index contributed by atoms with van der Waals surface area (Å²) in [7, 11) is 0. The summed E-state index contributed by atoms with van der Waals surface area (Å²) in [5.74, 6) is 0.484. The van der Waals surface area contributed by atoms with E-state index < -0.39 is 0 Å². The van der Waals surface area contributed by atoms with Crippen molar-refractivity contribution in [2.75, 3.05) is 0 Å². The molecule has 0 fully saturated rings. The Balaban J connectivity index is 2.50. The smallest absolute Gasteiger partial charge is 0.174 e. The van der Waals surface area contributed by atoms with Gasteiger partial charge >= 0.3 is 0 Å². The number of hydrogen-bond acceptors (Lipinski definition) is 5. The van der Waals surface area contributed by atoms with Crippen LogP contribution in [0.25, 0.3) is 5.82 Å². The molecule has 0 saturated carbocycles. The van der Waals surface area contributed by atoms with Gasteiger partial charge in [0.2, 0.25) is 0 Å². The first-order valence-corrected chi connectivity index (χ1v) is 4.92. The SMILES string of the molecule is Cc1cc(-n2nc(C)c(C=O)n2)ncc1C#N. The van der Waals surface area contributed by atoms with Crippen molar-refractivity contribution in [3.8, 4) is 11.9 Å². The number of aldehydes is 1. The minimum absolute atomic E-state index is 0.286. The second-order valence-electron chi connectivity index (χ2n) is 3.55. The summed E-state index contributed by atoms with van der Waals surface area (Å²) in [4.78, 5) is 16.0. The molecule has 0 saturated heterocycles. The van der Waals surface area contributed by atoms with Crippen molar-refractivity contribution in [1.82, 2.24) is 20.0 Å². The summed E-state index contributed by atoms with van der Waals surface area (Å²) < 4.78 is 0. The van der Waals surface area contributed by atoms with Crippen molar-refractivity contribution in [1.29, 1.82) is 5.26 Å². The Bertz CT molecular complexity index is 623. The summed E-state index contributed by atoms with van der Waals surface area (Å²) >= 11 is 0. The minimum Gasteiger partial charge on any atom is -0.296 e. The van der Waals surface area contributed by atoms with Gasteiger partial charge < -0.3 is 0 Å². The highest BCUT2D eigenvalue weighted by molar-refractivity contribution is 5.72. The van der Waals surface area contributed by atoms with E-state index in [0.29, 0.717) is 23.4 Å². The fourth-order valence-corrected chi connectivity index (χ4v) is 1.37. The molecule has 6 nitrogen and oxygen atoms in total. The normalized spacial score (nSPS) is 9.94. The molecular weight excluding hydrogens is 218 g/mol. The van der Waals surface area contributed by atoms with Crippen LogP contribution in [0.1, 0.15) is 27.3 Å². The predicted molar refractivity (Wildman–Crippen MR) is 58.7 cm³/mol. The Morgan fingerprint density at radius 3 is 2.71 bits per heavy atom. The summed E-state index contributed by atoms with van der Waals surface area (Å²) in [6.45, 7) is 3.50. The molecule has 0 aliphatic rings. The maximum atomic E-state index is 10.7. The molecule has 0 aliphatic carbocycles. The van der Waals surface area contributed by atoms with Gasteiger partial charge in [-0.25, -0.2) is 4.98 Å². The van der Waals surface area contributed by atoms with E-state index >= 15 is 0 Å². The largest absolute Gasteiger partial charge is 0.296 e. The van der Waals surface area contributed by atoms with Gasteiger partial charge in [-0.05, 0) is 25.5 Å². The van der Waals surface area contributed by atoms with Crippen molar-refractivity contribution in [3.05, 3.63) is 34.8 Å². The molecule has 0 amide bonds. The number of nitrogens with zero attached hydrogens (tertiary/aromatic N) is 5. The molecule has 2 heterocycles. The van der Waals surface area contributed by atoms with Crippen molar-refractivity contribution in [3.63, 3.8) is 0 Å². The molecule has 0 aliphatic heterocycles. The van der Waals surface area contributed by atoms with Crippen LogP contribution >= 0.6 is 0 Å². The number of carbonyl (C=O) groups is 1. The lowest BCUT2D eigenvalue weighted by Crippen LogP contribution is -2.03. The van der Waals surface area contributed by atoms with Crippen LogP contribution in [0.3, 0.4) is 0 Å². The Labute approximate surface area is 97.5 Å². The molecule has 2 aromatic rings. The number of pyridine rings is 1. The van der Waals surface area contributed by atoms with Crippen molar-refractivity contribution >= 4 is 6.29 Å². The predicted octanol–water partition coefficient (Wildman–Crippen LogP) is 0.963. The van der Waals surface area contributed by atoms with E-state index in [9.17, 15) is 4.79 Å². The topological polar surface area (TPSA) is 84.5 Å². The van der Waals surface area contributed by atoms with E-state index in [1.807, 2.05) is 6.07 Å². The van der Waals surface area contributed by atoms with Crippen LogP contribution in [0.2, 0.25) is 0 Å². The van der Waals surface area contributed by atoms with Crippen LogP contribution in [0, 0.1) is 25.2 Å². The fourth-order valence-electron chi connectivity index (χ4n) is 1.37. The van der Waals surface area contributed by atoms with E-state index in [-0.39, 0.29) is 5.69 Å². The van der Waals surface area contributed by atoms with E-state index in [4.69, 9.17) is 5.26 Å². The third kappa shape index (κ3) is 1.90. The Morgan fingerprint density at radius 1 is 1.41 bits per heavy atom. The quantitative estimate of drug-likeness (QED) is 0.713. The molecular formula is C11H9N5O. The molecule has 2 rings (SSSR count). The highest BCUT2D eigenvalue weighted by Gasteiger charge is 2.09. The van der Waals surface area contributed by atoms with Gasteiger partial charge in [0.25, 0.3) is 0 Å². The van der Waals surface area contributed by atoms with Gasteiger partial charge in [0, 0.05) is 6.20 Å². The van der Waals surface area contributed by atoms with Crippen LogP contribution in [-0.2, 0) is 0 Å². The molecule has 0 spiro atoms. The monoisotopic (exact) mass is 227 g/mol. The third-order valence-corrected chi connectivity index (χ3v) is 2.35. The number of hydrogen-bond donors (Lipinski definition) is 0. The molecule has 0 unspecified atom stereocenters. The zero-order chi connectivity index (χ0) is 12.4. The zero-order valence-electron chi connectivity index (χ0n) is 9.38. The van der Waals surface area contributed by atoms with E-state index in [0.717, 1.165) is 5.56 Å². The van der Waals surface area contributed by atoms with Gasteiger partial charge in [-0.1, -0.05) is 0 Å². The maximum absolute atomic E-state index is 10.7. The first kappa shape index (κ1) is 11.0. The average molecular weight is 227 g/mol. The molecule has 2 aromatic heterocycles. The van der Waals surface area contributed by atoms with Gasteiger partial charge in [-0.3, -0.25) is 4.79 Å². The fraction of sp³-hybridized carbons (Fsp3) is 0.182. The number of nitriles is 1. The first-order valence-electron chi connectivity index (χ1n) is 4.92. The second-order valence-corrected chi connectivity index (χ2v) is 3.55. The highest BCUT2D eigenvalue weighted by Crippen LogP contribution is 2.10. The van der Waals surface area contributed by atoms with Crippen LogP contribution in [0.4, 0.5) is 0 Å². The zero-order valence-corrected chi connectivity index (χ0v) is 9.38. The molecule has 0 radical (unpaired) electrons. The van der Waals surface area contributed by atoms with Gasteiger partial charge in [-0.2, -0.15) is 10.4 Å². The van der Waals surface area contributed by atoms with E-state index in [2.05, 4.69) is 15.2 Å². The van der Waals surface area contributed by atoms with Crippen molar-refractivity contribution in [2.45, 2.75) is 13.8 Å². The van der Waals surface area contributed by atoms with Gasteiger partial charge in [0.05, 0.1) is 11.3 Å². The number of carbonyl (C=O) groups excluding carboxylic acids is 1. The number of aryl methyl sites for hydroxylation is 2. The Morgan fingerprint density at radius 2 is 2.18 bits per heavy atom. The summed E-state index contributed by atoms with van der Waals surface area (Å²) in [6, 6.07) is 3.73. The van der Waals surface area contributed by atoms with E-state index in [1.54, 1.807) is 19.9 Å². The van der Waals surface area contributed by atoms with Crippen LogP contribution in [0.5, 0.6) is 0 Å². The lowest BCUT2D eigenvalue weighted by atomic mass is 10.2. The highest BCUT2D eigenvalue weighted by atomic mass is 16.1. The molecule has 6 heteroatoms. The molecule has 0 atom stereocenters. The summed E-state index contributed by atoms with van der Waals surface area (Å²) in [5, 5.41) is 16.9. The van der Waals surface area contributed by atoms with Gasteiger partial charge in [0.1, 0.15) is 11.8 Å². The molecule has 17 heavy (non-hydrogen) atoms. The Hall–Kier alpha value is -2.55. The van der Waals surface area contributed by atoms with Crippen LogP contribution in [0.15, 0.2) is 12.3 Å². The van der Waals surface area contributed by atoms with Crippen LogP contribution < -0.4 is 0 Å². The first-order chi connectivity index (χ1) is 8.15. The van der Waals surface area contributed by atoms with Crippen LogP contribution in [-0.4, -0.2) is 26.3 Å². The average Bonchev–Trinajstić information content (AvgIpc) is 2.70. The number of aromatic nitrogens is 4. The second kappa shape index (κ2) is 4.14. The lowest BCUT2D eigenvalue weighted by molar-refractivity contribution is 0.111. The standard InChI is InChI=1S/C11H9N5O/c1-7-3-11(13-5-9(7)4-12)16-14-8(2)10(6-17)15-16/h3,5-6H,1-2H3. The van der Waals surface area contributed by atoms with Gasteiger partial charge in [-0.15, -0.1) is 9.90 Å². The molecule has 0 N–H and O–H groups in total. The summed E-state index contributed by atoms with van der Waals surface area (Å²) in [5.41, 5.74) is 2.13.